The van der Waals surface area contributed by atoms with Gasteiger partial charge in [-0.1, -0.05) is 12.1 Å². The van der Waals surface area contributed by atoms with E-state index in [4.69, 9.17) is 5.73 Å². The second-order valence-corrected chi connectivity index (χ2v) is 2.42. The first-order valence-corrected chi connectivity index (χ1v) is 3.55. The third kappa shape index (κ3) is 2.65. The van der Waals surface area contributed by atoms with E-state index in [1.807, 2.05) is 0 Å². The molecule has 1 rings (SSSR count). The monoisotopic (exact) mass is 205 g/mol. The van der Waals surface area contributed by atoms with Gasteiger partial charge in [-0.15, -0.1) is 13.2 Å². The van der Waals surface area contributed by atoms with Crippen molar-refractivity contribution >= 4 is 11.7 Å². The Labute approximate surface area is 77.3 Å². The van der Waals surface area contributed by atoms with Crippen LogP contribution in [0.2, 0.25) is 0 Å². The van der Waals surface area contributed by atoms with Crippen molar-refractivity contribution < 1.29 is 22.7 Å². The lowest BCUT2D eigenvalue weighted by atomic mass is 10.2. The second-order valence-electron chi connectivity index (χ2n) is 2.42. The second kappa shape index (κ2) is 3.57. The number of anilines is 1. The molecule has 3 nitrogen and oxygen atoms in total. The number of hydrogen-bond donors (Lipinski definition) is 1. The van der Waals surface area contributed by atoms with Crippen molar-refractivity contribution in [3.63, 3.8) is 0 Å². The smallest absolute Gasteiger partial charge is 0.398 e. The molecule has 0 aliphatic rings. The van der Waals surface area contributed by atoms with Crippen LogP contribution in [0.3, 0.4) is 0 Å². The minimum Gasteiger partial charge on any atom is -0.398 e. The van der Waals surface area contributed by atoms with Crippen LogP contribution in [0.5, 0.6) is 0 Å². The highest BCUT2D eigenvalue weighted by Gasteiger charge is 2.34. The van der Waals surface area contributed by atoms with Crippen LogP contribution >= 0.6 is 0 Å². The number of hydrogen-bond acceptors (Lipinski definition) is 3. The van der Waals surface area contributed by atoms with Crippen LogP contribution < -0.4 is 5.73 Å². The summed E-state index contributed by atoms with van der Waals surface area (Å²) < 4.78 is 38.1. The Balaban J connectivity index is 2.86. The molecule has 1 aromatic rings. The molecule has 0 atom stereocenters. The number of carbonyl (C=O) groups excluding carboxylic acids is 1. The summed E-state index contributed by atoms with van der Waals surface area (Å²) in [6.07, 6.45) is -4.99. The molecule has 14 heavy (non-hydrogen) atoms. The van der Waals surface area contributed by atoms with E-state index in [2.05, 4.69) is 4.74 Å². The molecule has 0 fully saturated rings. The van der Waals surface area contributed by atoms with E-state index in [1.54, 1.807) is 0 Å². The van der Waals surface area contributed by atoms with Crippen LogP contribution in [-0.4, -0.2) is 12.3 Å². The van der Waals surface area contributed by atoms with Gasteiger partial charge in [0.2, 0.25) is 0 Å². The van der Waals surface area contributed by atoms with Crippen LogP contribution in [0, 0.1) is 0 Å². The van der Waals surface area contributed by atoms with Gasteiger partial charge in [-0.2, -0.15) is 0 Å². The fourth-order valence-corrected chi connectivity index (χ4v) is 0.843. The lowest BCUT2D eigenvalue weighted by molar-refractivity contribution is -0.291. The zero-order valence-corrected chi connectivity index (χ0v) is 6.84. The summed E-state index contributed by atoms with van der Waals surface area (Å²) in [4.78, 5) is 10.9. The standard InChI is InChI=1S/C8H6F3NO2/c9-8(10,11)14-7(13)5-3-1-2-4-6(5)12/h1-4H,12H2. The van der Waals surface area contributed by atoms with E-state index < -0.39 is 12.3 Å². The van der Waals surface area contributed by atoms with E-state index in [1.165, 1.54) is 18.2 Å². The summed E-state index contributed by atoms with van der Waals surface area (Å²) in [5.41, 5.74) is 4.92. The summed E-state index contributed by atoms with van der Waals surface area (Å²) in [5, 5.41) is 0. The zero-order valence-electron chi connectivity index (χ0n) is 6.84. The van der Waals surface area contributed by atoms with Crippen LogP contribution in [-0.2, 0) is 4.74 Å². The Hall–Kier alpha value is -1.72. The molecule has 0 saturated carbocycles. The van der Waals surface area contributed by atoms with Gasteiger partial charge in [0.25, 0.3) is 0 Å². The summed E-state index contributed by atoms with van der Waals surface area (Å²) in [7, 11) is 0. The fourth-order valence-electron chi connectivity index (χ4n) is 0.843. The largest absolute Gasteiger partial charge is 0.575 e. The van der Waals surface area contributed by atoms with Crippen molar-refractivity contribution in [2.45, 2.75) is 6.36 Å². The number of para-hydroxylation sites is 1. The average Bonchev–Trinajstić information content (AvgIpc) is 2.01. The number of carbonyl (C=O) groups is 1. The number of nitrogen functional groups attached to an aromatic ring is 1. The van der Waals surface area contributed by atoms with Crippen LogP contribution in [0.15, 0.2) is 24.3 Å². The highest BCUT2D eigenvalue weighted by molar-refractivity contribution is 5.95. The molecule has 0 radical (unpaired) electrons. The first kappa shape index (κ1) is 10.4. The normalized spacial score (nSPS) is 11.1. The van der Waals surface area contributed by atoms with Crippen molar-refractivity contribution in [1.29, 1.82) is 0 Å². The minimum atomic E-state index is -4.99. The number of rotatable bonds is 1. The van der Waals surface area contributed by atoms with Crippen molar-refractivity contribution in [1.82, 2.24) is 0 Å². The highest BCUT2D eigenvalue weighted by atomic mass is 19.4. The lowest BCUT2D eigenvalue weighted by Crippen LogP contribution is -2.20. The first-order chi connectivity index (χ1) is 6.40. The predicted octanol–water partition coefficient (Wildman–Crippen LogP) is 1.95. The van der Waals surface area contributed by atoms with Crippen LogP contribution in [0.4, 0.5) is 18.9 Å². The molecule has 0 saturated heterocycles. The zero-order chi connectivity index (χ0) is 10.8. The number of nitrogens with two attached hydrogens (primary N) is 1. The molecule has 0 unspecified atom stereocenters. The highest BCUT2D eigenvalue weighted by Crippen LogP contribution is 2.20. The maximum atomic E-state index is 11.6. The van der Waals surface area contributed by atoms with Crippen molar-refractivity contribution in [3.8, 4) is 0 Å². The van der Waals surface area contributed by atoms with Crippen molar-refractivity contribution in [2.75, 3.05) is 5.73 Å². The number of esters is 1. The Bertz CT molecular complexity index is 349. The van der Waals surface area contributed by atoms with Gasteiger partial charge < -0.3 is 10.5 Å². The summed E-state index contributed by atoms with van der Waals surface area (Å²) in [6.45, 7) is 0. The topological polar surface area (TPSA) is 52.3 Å². The molecule has 1 aromatic carbocycles. The molecular formula is C8H6F3NO2. The molecule has 0 heterocycles. The maximum absolute atomic E-state index is 11.6. The Morgan fingerprint density at radius 3 is 2.36 bits per heavy atom. The number of ether oxygens (including phenoxy) is 1. The average molecular weight is 205 g/mol. The molecule has 2 N–H and O–H groups in total. The first-order valence-electron chi connectivity index (χ1n) is 3.55. The van der Waals surface area contributed by atoms with E-state index in [0.29, 0.717) is 0 Å². The molecule has 6 heteroatoms. The molecular weight excluding hydrogens is 199 g/mol. The minimum absolute atomic E-state index is 0.0539. The predicted molar refractivity (Wildman–Crippen MR) is 42.3 cm³/mol. The number of halogens is 3. The molecule has 0 spiro atoms. The quantitative estimate of drug-likeness (QED) is 0.563. The summed E-state index contributed by atoms with van der Waals surface area (Å²) in [5.74, 6) is -1.50. The molecule has 0 aliphatic carbocycles. The Morgan fingerprint density at radius 1 is 1.29 bits per heavy atom. The van der Waals surface area contributed by atoms with Gasteiger partial charge in [0.05, 0.1) is 5.56 Å². The Kier molecular flexibility index (Phi) is 2.64. The van der Waals surface area contributed by atoms with Gasteiger partial charge in [-0.25, -0.2) is 4.79 Å². The van der Waals surface area contributed by atoms with E-state index in [9.17, 15) is 18.0 Å². The SMILES string of the molecule is Nc1ccccc1C(=O)OC(F)(F)F. The summed E-state index contributed by atoms with van der Waals surface area (Å²) >= 11 is 0. The van der Waals surface area contributed by atoms with Gasteiger partial charge in [-0.05, 0) is 12.1 Å². The molecule has 0 aromatic heterocycles. The third-order valence-corrected chi connectivity index (χ3v) is 1.39. The molecule has 0 amide bonds. The number of alkyl halides is 3. The lowest BCUT2D eigenvalue weighted by Gasteiger charge is -2.08. The van der Waals surface area contributed by atoms with Gasteiger partial charge in [-0.3, -0.25) is 0 Å². The van der Waals surface area contributed by atoms with Crippen molar-refractivity contribution in [3.05, 3.63) is 29.8 Å². The summed E-state index contributed by atoms with van der Waals surface area (Å²) in [6, 6.07) is 5.36. The molecule has 76 valence electrons. The molecule has 0 aliphatic heterocycles. The van der Waals surface area contributed by atoms with Gasteiger partial charge >= 0.3 is 12.3 Å². The third-order valence-electron chi connectivity index (χ3n) is 1.39. The van der Waals surface area contributed by atoms with Gasteiger partial charge in [0.15, 0.2) is 0 Å². The number of benzene rings is 1. The van der Waals surface area contributed by atoms with E-state index >= 15 is 0 Å². The van der Waals surface area contributed by atoms with Crippen LogP contribution in [0.1, 0.15) is 10.4 Å². The van der Waals surface area contributed by atoms with Crippen molar-refractivity contribution in [2.24, 2.45) is 0 Å². The molecule has 0 bridgehead atoms. The maximum Gasteiger partial charge on any atom is 0.575 e. The van der Waals surface area contributed by atoms with Gasteiger partial charge in [0.1, 0.15) is 0 Å². The van der Waals surface area contributed by atoms with Crippen LogP contribution in [0.25, 0.3) is 0 Å². The van der Waals surface area contributed by atoms with Gasteiger partial charge in [0, 0.05) is 5.69 Å². The van der Waals surface area contributed by atoms with E-state index in [0.717, 1.165) is 6.07 Å². The van der Waals surface area contributed by atoms with E-state index in [-0.39, 0.29) is 11.3 Å². The fraction of sp³-hybridized carbons (Fsp3) is 0.125. The Morgan fingerprint density at radius 2 is 1.86 bits per heavy atom.